The molecule has 0 aromatic carbocycles. The van der Waals surface area contributed by atoms with Crippen molar-refractivity contribution in [3.63, 3.8) is 0 Å². The number of hydrogen-bond acceptors (Lipinski definition) is 2. The lowest BCUT2D eigenvalue weighted by Crippen LogP contribution is -1.90. The molecule has 2 heteroatoms. The highest BCUT2D eigenvalue weighted by Crippen LogP contribution is 2.20. The van der Waals surface area contributed by atoms with Crippen molar-refractivity contribution in [2.45, 2.75) is 6.92 Å². The van der Waals surface area contributed by atoms with Crippen LogP contribution in [0.15, 0.2) is 19.0 Å². The standard InChI is InChI=1S/C9H11NO/c1-4-8-7(2)5-10-6-9(8)11-3/h4-6H,1H2,2-3H3. The summed E-state index contributed by atoms with van der Waals surface area (Å²) in [4.78, 5) is 3.99. The van der Waals surface area contributed by atoms with Gasteiger partial charge in [-0.1, -0.05) is 12.7 Å². The molecule has 0 amide bonds. The predicted octanol–water partition coefficient (Wildman–Crippen LogP) is 2.04. The lowest BCUT2D eigenvalue weighted by atomic mass is 10.1. The fraction of sp³-hybridized carbons (Fsp3) is 0.222. The second-order valence-corrected chi connectivity index (χ2v) is 2.28. The predicted molar refractivity (Wildman–Crippen MR) is 45.6 cm³/mol. The Bertz CT molecular complexity index is 268. The van der Waals surface area contributed by atoms with E-state index in [0.717, 1.165) is 16.9 Å². The summed E-state index contributed by atoms with van der Waals surface area (Å²) < 4.78 is 5.08. The average molecular weight is 149 g/mol. The van der Waals surface area contributed by atoms with Gasteiger partial charge in [-0.3, -0.25) is 4.98 Å². The van der Waals surface area contributed by atoms with Gasteiger partial charge >= 0.3 is 0 Å². The van der Waals surface area contributed by atoms with Crippen LogP contribution < -0.4 is 4.74 Å². The summed E-state index contributed by atoms with van der Waals surface area (Å²) in [6.07, 6.45) is 5.25. The van der Waals surface area contributed by atoms with Crippen molar-refractivity contribution in [2.24, 2.45) is 0 Å². The third kappa shape index (κ3) is 1.40. The first-order valence-electron chi connectivity index (χ1n) is 3.40. The number of aryl methyl sites for hydroxylation is 1. The minimum absolute atomic E-state index is 0.778. The maximum atomic E-state index is 5.08. The van der Waals surface area contributed by atoms with Crippen molar-refractivity contribution in [1.82, 2.24) is 4.98 Å². The molecule has 1 aromatic heterocycles. The van der Waals surface area contributed by atoms with Crippen LogP contribution in [0.4, 0.5) is 0 Å². The van der Waals surface area contributed by atoms with Gasteiger partial charge in [0.05, 0.1) is 13.3 Å². The Balaban J connectivity index is 3.24. The van der Waals surface area contributed by atoms with Crippen molar-refractivity contribution >= 4 is 6.08 Å². The number of aromatic nitrogens is 1. The minimum Gasteiger partial charge on any atom is -0.495 e. The zero-order chi connectivity index (χ0) is 8.27. The van der Waals surface area contributed by atoms with E-state index in [1.807, 2.05) is 6.92 Å². The van der Waals surface area contributed by atoms with Gasteiger partial charge in [-0.05, 0) is 12.5 Å². The molecule has 1 heterocycles. The molecule has 0 aliphatic heterocycles. The van der Waals surface area contributed by atoms with Crippen molar-refractivity contribution in [1.29, 1.82) is 0 Å². The van der Waals surface area contributed by atoms with E-state index >= 15 is 0 Å². The van der Waals surface area contributed by atoms with Crippen LogP contribution in [0.3, 0.4) is 0 Å². The summed E-state index contributed by atoms with van der Waals surface area (Å²) >= 11 is 0. The number of hydrogen-bond donors (Lipinski definition) is 0. The summed E-state index contributed by atoms with van der Waals surface area (Å²) in [5.41, 5.74) is 2.10. The van der Waals surface area contributed by atoms with Gasteiger partial charge in [-0.25, -0.2) is 0 Å². The van der Waals surface area contributed by atoms with Crippen LogP contribution in [-0.4, -0.2) is 12.1 Å². The van der Waals surface area contributed by atoms with E-state index < -0.39 is 0 Å². The topological polar surface area (TPSA) is 22.1 Å². The second-order valence-electron chi connectivity index (χ2n) is 2.28. The van der Waals surface area contributed by atoms with Gasteiger partial charge in [0.25, 0.3) is 0 Å². The molecule has 0 saturated heterocycles. The Labute approximate surface area is 66.5 Å². The van der Waals surface area contributed by atoms with E-state index in [1.54, 1.807) is 25.6 Å². The Kier molecular flexibility index (Phi) is 2.26. The first-order valence-corrected chi connectivity index (χ1v) is 3.40. The molecular weight excluding hydrogens is 138 g/mol. The molecule has 1 rings (SSSR count). The Morgan fingerprint density at radius 2 is 2.27 bits per heavy atom. The normalized spacial score (nSPS) is 9.27. The molecule has 11 heavy (non-hydrogen) atoms. The molecule has 0 unspecified atom stereocenters. The quantitative estimate of drug-likeness (QED) is 0.642. The summed E-state index contributed by atoms with van der Waals surface area (Å²) in [5.74, 6) is 0.778. The molecule has 0 radical (unpaired) electrons. The molecule has 0 spiro atoms. The van der Waals surface area contributed by atoms with Gasteiger partial charge in [0.15, 0.2) is 0 Å². The van der Waals surface area contributed by atoms with Gasteiger partial charge in [0, 0.05) is 11.8 Å². The van der Waals surface area contributed by atoms with Gasteiger partial charge < -0.3 is 4.74 Å². The van der Waals surface area contributed by atoms with Crippen molar-refractivity contribution in [3.05, 3.63) is 30.1 Å². The van der Waals surface area contributed by atoms with Crippen LogP contribution in [-0.2, 0) is 0 Å². The molecule has 0 aliphatic rings. The Hall–Kier alpha value is -1.31. The summed E-state index contributed by atoms with van der Waals surface area (Å²) in [6, 6.07) is 0. The minimum atomic E-state index is 0.778. The van der Waals surface area contributed by atoms with Crippen LogP contribution in [0.2, 0.25) is 0 Å². The molecule has 0 aliphatic carbocycles. The average Bonchev–Trinajstić information content (AvgIpc) is 2.04. The first kappa shape index (κ1) is 7.79. The molecule has 2 nitrogen and oxygen atoms in total. The first-order chi connectivity index (χ1) is 5.29. The zero-order valence-corrected chi connectivity index (χ0v) is 6.79. The number of rotatable bonds is 2. The van der Waals surface area contributed by atoms with Crippen LogP contribution in [0.25, 0.3) is 6.08 Å². The molecule has 0 saturated carbocycles. The third-order valence-electron chi connectivity index (χ3n) is 1.57. The SMILES string of the molecule is C=Cc1c(C)cncc1OC. The van der Waals surface area contributed by atoms with Gasteiger partial charge in [0.2, 0.25) is 0 Å². The molecule has 0 bridgehead atoms. The van der Waals surface area contributed by atoms with Gasteiger partial charge in [0.1, 0.15) is 5.75 Å². The van der Waals surface area contributed by atoms with Gasteiger partial charge in [-0.2, -0.15) is 0 Å². The smallest absolute Gasteiger partial charge is 0.144 e. The third-order valence-corrected chi connectivity index (χ3v) is 1.57. The van der Waals surface area contributed by atoms with E-state index in [9.17, 15) is 0 Å². The molecule has 58 valence electrons. The van der Waals surface area contributed by atoms with Crippen LogP contribution in [0.5, 0.6) is 5.75 Å². The lowest BCUT2D eigenvalue weighted by molar-refractivity contribution is 0.411. The Morgan fingerprint density at radius 3 is 2.73 bits per heavy atom. The molecular formula is C9H11NO. The molecule has 0 fully saturated rings. The largest absolute Gasteiger partial charge is 0.495 e. The highest BCUT2D eigenvalue weighted by Gasteiger charge is 2.00. The highest BCUT2D eigenvalue weighted by molar-refractivity contribution is 5.58. The summed E-state index contributed by atoms with van der Waals surface area (Å²) in [7, 11) is 1.63. The van der Waals surface area contributed by atoms with E-state index in [2.05, 4.69) is 11.6 Å². The van der Waals surface area contributed by atoms with Crippen LogP contribution in [0.1, 0.15) is 11.1 Å². The van der Waals surface area contributed by atoms with E-state index in [0.29, 0.717) is 0 Å². The Morgan fingerprint density at radius 1 is 1.55 bits per heavy atom. The monoisotopic (exact) mass is 149 g/mol. The van der Waals surface area contributed by atoms with E-state index in [4.69, 9.17) is 4.74 Å². The number of methoxy groups -OCH3 is 1. The number of nitrogens with zero attached hydrogens (tertiary/aromatic N) is 1. The highest BCUT2D eigenvalue weighted by atomic mass is 16.5. The zero-order valence-electron chi connectivity index (χ0n) is 6.79. The van der Waals surface area contributed by atoms with E-state index in [1.165, 1.54) is 0 Å². The van der Waals surface area contributed by atoms with Crippen molar-refractivity contribution < 1.29 is 4.74 Å². The number of pyridine rings is 1. The van der Waals surface area contributed by atoms with Crippen molar-refractivity contribution in [2.75, 3.05) is 7.11 Å². The van der Waals surface area contributed by atoms with Crippen LogP contribution in [0, 0.1) is 6.92 Å². The maximum absolute atomic E-state index is 5.08. The molecule has 0 N–H and O–H groups in total. The van der Waals surface area contributed by atoms with Crippen molar-refractivity contribution in [3.8, 4) is 5.75 Å². The van der Waals surface area contributed by atoms with Gasteiger partial charge in [-0.15, -0.1) is 0 Å². The fourth-order valence-corrected chi connectivity index (χ4v) is 0.974. The fourth-order valence-electron chi connectivity index (χ4n) is 0.974. The van der Waals surface area contributed by atoms with E-state index in [-0.39, 0.29) is 0 Å². The number of ether oxygens (including phenoxy) is 1. The van der Waals surface area contributed by atoms with Crippen LogP contribution >= 0.6 is 0 Å². The maximum Gasteiger partial charge on any atom is 0.144 e. The second kappa shape index (κ2) is 3.19. The molecule has 1 aromatic rings. The summed E-state index contributed by atoms with van der Waals surface area (Å²) in [6.45, 7) is 5.67. The molecule has 0 atom stereocenters. The lowest BCUT2D eigenvalue weighted by Gasteiger charge is -2.05. The summed E-state index contributed by atoms with van der Waals surface area (Å²) in [5, 5.41) is 0.